The van der Waals surface area contributed by atoms with Crippen LogP contribution in [0.4, 0.5) is 0 Å². The van der Waals surface area contributed by atoms with Gasteiger partial charge in [0.2, 0.25) is 0 Å². The molecule has 1 spiro atoms. The molecule has 3 fully saturated rings. The Morgan fingerprint density at radius 1 is 0.880 bits per heavy atom. The highest BCUT2D eigenvalue weighted by atomic mass is 16.5. The molecule has 1 aromatic heterocycles. The Balaban J connectivity index is 1.32. The molecule has 0 atom stereocenters. The highest BCUT2D eigenvalue weighted by molar-refractivity contribution is 5.21. The second-order valence-electron chi connectivity index (χ2n) is 8.44. The van der Waals surface area contributed by atoms with Gasteiger partial charge in [0.1, 0.15) is 5.76 Å². The summed E-state index contributed by atoms with van der Waals surface area (Å²) in [6.45, 7) is 14.1. The van der Waals surface area contributed by atoms with Crippen LogP contribution in [-0.2, 0) is 6.54 Å². The normalized spacial score (nSPS) is 25.4. The van der Waals surface area contributed by atoms with Gasteiger partial charge in [0.25, 0.3) is 0 Å². The molecule has 140 valence electrons. The van der Waals surface area contributed by atoms with Crippen LogP contribution < -0.4 is 0 Å². The first-order chi connectivity index (χ1) is 12.2. The van der Waals surface area contributed by atoms with Gasteiger partial charge in [-0.2, -0.15) is 0 Å². The van der Waals surface area contributed by atoms with Crippen LogP contribution in [0.3, 0.4) is 0 Å². The van der Waals surface area contributed by atoms with Crippen molar-refractivity contribution in [1.82, 2.24) is 19.9 Å². The van der Waals surface area contributed by atoms with Gasteiger partial charge < -0.3 is 14.3 Å². The number of hydrogen-bond donors (Lipinski definition) is 0. The summed E-state index contributed by atoms with van der Waals surface area (Å²) in [7, 11) is 0. The van der Waals surface area contributed by atoms with Crippen LogP contribution in [0.2, 0.25) is 0 Å². The average Bonchev–Trinajstić information content (AvgIpc) is 3.33. The monoisotopic (exact) mass is 346 g/mol. The summed E-state index contributed by atoms with van der Waals surface area (Å²) in [5, 5.41) is 4.15. The first-order valence-corrected chi connectivity index (χ1v) is 10.3. The third-order valence-corrected chi connectivity index (χ3v) is 6.99. The van der Waals surface area contributed by atoms with E-state index in [1.165, 1.54) is 89.9 Å². The maximum atomic E-state index is 5.39. The molecule has 5 nitrogen and oxygen atoms in total. The van der Waals surface area contributed by atoms with E-state index in [0.717, 1.165) is 18.0 Å². The highest BCUT2D eigenvalue weighted by Gasteiger charge is 2.43. The lowest BCUT2D eigenvalue weighted by Gasteiger charge is -2.45. The summed E-state index contributed by atoms with van der Waals surface area (Å²) in [6.07, 6.45) is 8.18. The van der Waals surface area contributed by atoms with Gasteiger partial charge in [0, 0.05) is 30.7 Å². The van der Waals surface area contributed by atoms with Crippen molar-refractivity contribution in [2.75, 3.05) is 45.8 Å². The molecular formula is C20H34N4O. The summed E-state index contributed by atoms with van der Waals surface area (Å²) in [5.41, 5.74) is 2.82. The second-order valence-corrected chi connectivity index (χ2v) is 8.44. The van der Waals surface area contributed by atoms with Crippen LogP contribution in [0.1, 0.15) is 55.5 Å². The maximum absolute atomic E-state index is 5.39. The predicted molar refractivity (Wildman–Crippen MR) is 99.7 cm³/mol. The number of hydrogen-bond acceptors (Lipinski definition) is 5. The minimum atomic E-state index is 0.431. The Hall–Kier alpha value is -0.910. The molecule has 4 heterocycles. The van der Waals surface area contributed by atoms with E-state index in [2.05, 4.69) is 33.7 Å². The number of aryl methyl sites for hydroxylation is 2. The van der Waals surface area contributed by atoms with Crippen LogP contribution in [0, 0.1) is 13.8 Å². The van der Waals surface area contributed by atoms with Crippen molar-refractivity contribution in [3.8, 4) is 0 Å². The number of nitrogens with zero attached hydrogens (tertiary/aromatic N) is 4. The van der Waals surface area contributed by atoms with Crippen molar-refractivity contribution in [1.29, 1.82) is 0 Å². The fourth-order valence-corrected chi connectivity index (χ4v) is 5.21. The van der Waals surface area contributed by atoms with Crippen molar-refractivity contribution >= 4 is 0 Å². The lowest BCUT2D eigenvalue weighted by Crippen LogP contribution is -2.52. The smallest absolute Gasteiger partial charge is 0.138 e. The van der Waals surface area contributed by atoms with E-state index in [1.54, 1.807) is 0 Å². The van der Waals surface area contributed by atoms with E-state index >= 15 is 0 Å². The van der Waals surface area contributed by atoms with E-state index in [0.29, 0.717) is 5.54 Å². The van der Waals surface area contributed by atoms with Crippen LogP contribution in [-0.4, -0.2) is 71.2 Å². The zero-order valence-corrected chi connectivity index (χ0v) is 16.1. The van der Waals surface area contributed by atoms with Crippen molar-refractivity contribution < 1.29 is 4.52 Å². The first kappa shape index (κ1) is 17.5. The average molecular weight is 347 g/mol. The fraction of sp³-hybridized carbons (Fsp3) is 0.850. The molecule has 0 aliphatic carbocycles. The molecule has 25 heavy (non-hydrogen) atoms. The fourth-order valence-electron chi connectivity index (χ4n) is 5.21. The Morgan fingerprint density at radius 3 is 2.20 bits per heavy atom. The molecule has 1 aromatic rings. The molecule has 0 aromatic carbocycles. The molecule has 0 bridgehead atoms. The molecule has 0 N–H and O–H groups in total. The SMILES string of the molecule is Cc1noc(C)c1CN1CCCC12CCN(CCN1CCCC1)CC2. The standard InChI is InChI=1S/C20H34N4O/c1-17-19(18(2)25-21-17)16-24-11-5-6-20(24)7-12-23(13-8-20)15-14-22-9-3-4-10-22/h3-16H2,1-2H3. The Bertz CT molecular complexity index is 551. The van der Waals surface area contributed by atoms with Crippen LogP contribution >= 0.6 is 0 Å². The van der Waals surface area contributed by atoms with Gasteiger partial charge in [-0.25, -0.2) is 0 Å². The van der Waals surface area contributed by atoms with Gasteiger partial charge in [-0.05, 0) is 85.1 Å². The molecule has 3 aliphatic rings. The molecule has 5 heteroatoms. The van der Waals surface area contributed by atoms with Gasteiger partial charge in [-0.3, -0.25) is 4.90 Å². The topological polar surface area (TPSA) is 35.8 Å². The third-order valence-electron chi connectivity index (χ3n) is 6.99. The molecule has 3 aliphatic heterocycles. The summed E-state index contributed by atoms with van der Waals surface area (Å²) in [6, 6.07) is 0. The largest absolute Gasteiger partial charge is 0.361 e. The zero-order chi connectivity index (χ0) is 17.3. The molecule has 4 rings (SSSR count). The van der Waals surface area contributed by atoms with Gasteiger partial charge in [0.05, 0.1) is 5.69 Å². The first-order valence-electron chi connectivity index (χ1n) is 10.3. The summed E-state index contributed by atoms with van der Waals surface area (Å²) < 4.78 is 5.39. The van der Waals surface area contributed by atoms with Crippen molar-refractivity contribution in [2.24, 2.45) is 0 Å². The number of aromatic nitrogens is 1. The minimum absolute atomic E-state index is 0.431. The Kier molecular flexibility index (Phi) is 5.16. The van der Waals surface area contributed by atoms with E-state index in [4.69, 9.17) is 4.52 Å². The van der Waals surface area contributed by atoms with Crippen LogP contribution in [0.25, 0.3) is 0 Å². The van der Waals surface area contributed by atoms with Gasteiger partial charge in [-0.15, -0.1) is 0 Å². The maximum Gasteiger partial charge on any atom is 0.138 e. The minimum Gasteiger partial charge on any atom is -0.361 e. The van der Waals surface area contributed by atoms with Crippen LogP contribution in [0.15, 0.2) is 4.52 Å². The van der Waals surface area contributed by atoms with Crippen molar-refractivity contribution in [2.45, 2.75) is 64.5 Å². The van der Waals surface area contributed by atoms with Gasteiger partial charge in [0.15, 0.2) is 0 Å². The summed E-state index contributed by atoms with van der Waals surface area (Å²) in [4.78, 5) is 8.09. The molecule has 0 saturated carbocycles. The second kappa shape index (κ2) is 7.37. The molecule has 3 saturated heterocycles. The summed E-state index contributed by atoms with van der Waals surface area (Å²) >= 11 is 0. The Morgan fingerprint density at radius 2 is 1.56 bits per heavy atom. The molecule has 0 amide bonds. The van der Waals surface area contributed by atoms with Crippen LogP contribution in [0.5, 0.6) is 0 Å². The molecule has 0 unspecified atom stereocenters. The molecular weight excluding hydrogens is 312 g/mol. The van der Waals surface area contributed by atoms with E-state index < -0.39 is 0 Å². The number of piperidine rings is 1. The van der Waals surface area contributed by atoms with Gasteiger partial charge in [-0.1, -0.05) is 5.16 Å². The van der Waals surface area contributed by atoms with Crippen molar-refractivity contribution in [3.63, 3.8) is 0 Å². The third kappa shape index (κ3) is 3.64. The van der Waals surface area contributed by atoms with E-state index in [-0.39, 0.29) is 0 Å². The summed E-state index contributed by atoms with van der Waals surface area (Å²) in [5.74, 6) is 1.00. The Labute approximate surface area is 152 Å². The lowest BCUT2D eigenvalue weighted by atomic mass is 9.84. The van der Waals surface area contributed by atoms with E-state index in [1.807, 2.05) is 0 Å². The lowest BCUT2D eigenvalue weighted by molar-refractivity contribution is 0.0446. The number of rotatable bonds is 5. The quantitative estimate of drug-likeness (QED) is 0.819. The highest BCUT2D eigenvalue weighted by Crippen LogP contribution is 2.39. The predicted octanol–water partition coefficient (Wildman–Crippen LogP) is 2.82. The number of likely N-dealkylation sites (tertiary alicyclic amines) is 3. The zero-order valence-electron chi connectivity index (χ0n) is 16.1. The van der Waals surface area contributed by atoms with Crippen molar-refractivity contribution in [3.05, 3.63) is 17.0 Å². The van der Waals surface area contributed by atoms with E-state index in [9.17, 15) is 0 Å². The van der Waals surface area contributed by atoms with Gasteiger partial charge >= 0.3 is 0 Å². The molecule has 0 radical (unpaired) electrons.